The van der Waals surface area contributed by atoms with Crippen LogP contribution < -0.4 is 41.5 Å². The lowest BCUT2D eigenvalue weighted by atomic mass is 10.4. The second kappa shape index (κ2) is 16.9. The van der Waals surface area contributed by atoms with Gasteiger partial charge in [-0.25, -0.2) is 0 Å². The second-order valence-electron chi connectivity index (χ2n) is 14.5. The molecule has 0 aliphatic heterocycles. The molecule has 0 heterocycles. The summed E-state index contributed by atoms with van der Waals surface area (Å²) in [5.74, 6) is 0. The fraction of sp³-hybridized carbons (Fsp3) is 0.0400. The fourth-order valence-corrected chi connectivity index (χ4v) is 28.0. The van der Waals surface area contributed by atoms with Crippen LogP contribution in [0.3, 0.4) is 0 Å². The first-order valence-corrected chi connectivity index (χ1v) is 28.0. The van der Waals surface area contributed by atoms with Crippen LogP contribution in [0.25, 0.3) is 0 Å². The van der Waals surface area contributed by atoms with Crippen LogP contribution in [0, 0.1) is 0 Å². The first-order chi connectivity index (χ1) is 28.0. The molecule has 0 amide bonds. The van der Waals surface area contributed by atoms with E-state index in [0.29, 0.717) is 0 Å². The van der Waals surface area contributed by atoms with Crippen LogP contribution in [0.15, 0.2) is 243 Å². The Hall–Kier alpha value is -5.49. The van der Waals surface area contributed by atoms with Crippen molar-refractivity contribution in [2.24, 2.45) is 0 Å². The lowest BCUT2D eigenvalue weighted by molar-refractivity contribution is 0.360. The van der Waals surface area contributed by atoms with Gasteiger partial charge in [0.15, 0.2) is 0 Å². The smallest absolute Gasteiger partial charge is 0.388 e. The van der Waals surface area contributed by atoms with Gasteiger partial charge in [0.2, 0.25) is 16.6 Å². The maximum absolute atomic E-state index is 8.55. The molecule has 57 heavy (non-hydrogen) atoms. The van der Waals surface area contributed by atoms with Gasteiger partial charge in [-0.2, -0.15) is 0 Å². The van der Waals surface area contributed by atoms with E-state index in [-0.39, 0.29) is 0 Å². The van der Waals surface area contributed by atoms with E-state index in [2.05, 4.69) is 256 Å². The molecule has 0 N–H and O–H groups in total. The lowest BCUT2D eigenvalue weighted by Gasteiger charge is -2.48. The van der Waals surface area contributed by atoms with E-state index in [4.69, 9.17) is 12.3 Å². The summed E-state index contributed by atoms with van der Waals surface area (Å²) in [4.78, 5) is 0. The summed E-state index contributed by atoms with van der Waals surface area (Å²) in [7, 11) is -13.8. The topological polar surface area (TPSA) is 27.7 Å². The first-order valence-electron chi connectivity index (χ1n) is 19.5. The molecule has 8 aromatic rings. The Morgan fingerprint density at radius 2 is 0.368 bits per heavy atom. The maximum atomic E-state index is 8.55. The van der Waals surface area contributed by atoms with Crippen LogP contribution in [0.1, 0.15) is 0 Å². The Bertz CT molecular complexity index is 2110. The summed E-state index contributed by atoms with van der Waals surface area (Å²) in [6.45, 7) is 4.66. The zero-order valence-corrected chi connectivity index (χ0v) is 36.3. The number of hydrogen-bond donors (Lipinski definition) is 0. The largest absolute Gasteiger partial charge is 0.422 e. The molecule has 0 saturated carbocycles. The summed E-state index contributed by atoms with van der Waals surface area (Å²) >= 11 is 0. The molecule has 0 unspecified atom stereocenters. The maximum Gasteiger partial charge on any atom is 0.388 e. The third-order valence-corrected chi connectivity index (χ3v) is 28.9. The Morgan fingerprint density at radius 3 is 0.544 bits per heavy atom. The molecule has 0 bridgehead atoms. The molecular formula is C50H46O3Si4. The summed E-state index contributed by atoms with van der Waals surface area (Å²) in [6.07, 6.45) is 0. The average molecular weight is 807 g/mol. The van der Waals surface area contributed by atoms with Crippen molar-refractivity contribution in [2.45, 2.75) is 13.1 Å². The molecule has 8 rings (SSSR count). The van der Waals surface area contributed by atoms with E-state index in [1.54, 1.807) is 0 Å². The average Bonchev–Trinajstić information content (AvgIpc) is 3.30. The number of rotatable bonds is 14. The molecule has 3 nitrogen and oxygen atoms in total. The van der Waals surface area contributed by atoms with Crippen molar-refractivity contribution >= 4 is 75.3 Å². The van der Waals surface area contributed by atoms with E-state index in [1.165, 1.54) is 20.7 Å². The highest BCUT2D eigenvalue weighted by molar-refractivity contribution is 7.13. The molecule has 7 heteroatoms. The summed E-state index contributed by atoms with van der Waals surface area (Å²) in [5, 5.41) is 8.78. The Balaban J connectivity index is 1.48. The third kappa shape index (κ3) is 7.67. The van der Waals surface area contributed by atoms with Crippen LogP contribution in [0.4, 0.5) is 0 Å². The van der Waals surface area contributed by atoms with Crippen LogP contribution in [-0.4, -0.2) is 33.8 Å². The lowest BCUT2D eigenvalue weighted by Crippen LogP contribution is -2.81. The van der Waals surface area contributed by atoms with E-state index in [1.807, 2.05) is 0 Å². The van der Waals surface area contributed by atoms with Gasteiger partial charge in [-0.1, -0.05) is 243 Å². The highest BCUT2D eigenvalue weighted by atomic mass is 28.5. The summed E-state index contributed by atoms with van der Waals surface area (Å²) in [5.41, 5.74) is 0. The van der Waals surface area contributed by atoms with Gasteiger partial charge in [0.25, 0.3) is 0 Å². The molecule has 0 spiro atoms. The molecule has 0 saturated heterocycles. The SMILES string of the molecule is C[Si](O[Si](O[Si](O[Si](C)(c1ccccc1)c1ccccc1)(c1ccccc1)c1ccccc1)(c1ccccc1)c1ccccc1)(c1ccccc1)c1ccccc1. The van der Waals surface area contributed by atoms with Crippen molar-refractivity contribution in [1.29, 1.82) is 0 Å². The predicted octanol–water partition coefficient (Wildman–Crippen LogP) is 6.33. The van der Waals surface area contributed by atoms with Gasteiger partial charge in [0.05, 0.1) is 0 Å². The molecule has 0 radical (unpaired) electrons. The van der Waals surface area contributed by atoms with Crippen molar-refractivity contribution in [3.63, 3.8) is 0 Å². The minimum atomic E-state index is -3.83. The van der Waals surface area contributed by atoms with Crippen molar-refractivity contribution in [1.82, 2.24) is 0 Å². The molecule has 0 atom stereocenters. The highest BCUT2D eigenvalue weighted by Crippen LogP contribution is 2.27. The van der Waals surface area contributed by atoms with Crippen molar-refractivity contribution in [3.8, 4) is 0 Å². The molecular weight excluding hydrogens is 761 g/mol. The number of hydrogen-bond acceptors (Lipinski definition) is 3. The molecule has 0 fully saturated rings. The van der Waals surface area contributed by atoms with Crippen LogP contribution in [0.2, 0.25) is 13.1 Å². The van der Waals surface area contributed by atoms with Crippen LogP contribution in [-0.2, 0) is 12.3 Å². The van der Waals surface area contributed by atoms with Crippen molar-refractivity contribution in [2.75, 3.05) is 0 Å². The van der Waals surface area contributed by atoms with Gasteiger partial charge in [-0.05, 0) is 54.6 Å². The molecule has 280 valence electrons. The summed E-state index contributed by atoms with van der Waals surface area (Å²) in [6, 6.07) is 85.8. The van der Waals surface area contributed by atoms with E-state index in [9.17, 15) is 0 Å². The zero-order valence-electron chi connectivity index (χ0n) is 32.3. The quantitative estimate of drug-likeness (QED) is 0.120. The highest BCUT2D eigenvalue weighted by Gasteiger charge is 2.59. The zero-order chi connectivity index (χ0) is 39.0. The van der Waals surface area contributed by atoms with Gasteiger partial charge in [0.1, 0.15) is 0 Å². The second-order valence-corrected chi connectivity index (χ2v) is 28.2. The predicted molar refractivity (Wildman–Crippen MR) is 247 cm³/mol. The fourth-order valence-electron chi connectivity index (χ4n) is 7.85. The monoisotopic (exact) mass is 806 g/mol. The van der Waals surface area contributed by atoms with Gasteiger partial charge in [-0.15, -0.1) is 0 Å². The Morgan fingerprint density at radius 1 is 0.211 bits per heavy atom. The standard InChI is InChI=1S/C50H46O3Si4/c1-54(43-27-11-3-12-28-43,44-29-13-4-14-30-44)51-56(47-35-19-7-20-36-47,48-37-21-8-22-38-48)53-57(49-39-23-9-24-40-49,50-41-25-10-26-42-50)52-55(2,45-31-15-5-16-32-45)46-33-17-6-18-34-46/h3-42H,1-2H3. The Labute approximate surface area is 341 Å². The minimum Gasteiger partial charge on any atom is -0.422 e. The van der Waals surface area contributed by atoms with Crippen LogP contribution in [0.5, 0.6) is 0 Å². The first kappa shape index (κ1) is 38.4. The van der Waals surface area contributed by atoms with Crippen LogP contribution >= 0.6 is 0 Å². The van der Waals surface area contributed by atoms with Crippen molar-refractivity contribution < 1.29 is 12.3 Å². The third-order valence-electron chi connectivity index (χ3n) is 10.9. The van der Waals surface area contributed by atoms with E-state index in [0.717, 1.165) is 20.7 Å². The normalized spacial score (nSPS) is 12.2. The van der Waals surface area contributed by atoms with E-state index < -0.39 is 33.8 Å². The molecule has 8 aromatic carbocycles. The van der Waals surface area contributed by atoms with Gasteiger partial charge in [-0.3, -0.25) is 0 Å². The summed E-state index contributed by atoms with van der Waals surface area (Å²) < 4.78 is 25.2. The Kier molecular flexibility index (Phi) is 11.4. The van der Waals surface area contributed by atoms with Gasteiger partial charge in [0, 0.05) is 0 Å². The number of benzene rings is 8. The van der Waals surface area contributed by atoms with E-state index >= 15 is 0 Å². The van der Waals surface area contributed by atoms with Crippen molar-refractivity contribution in [3.05, 3.63) is 243 Å². The molecule has 0 aliphatic rings. The minimum absolute atomic E-state index is 1.02. The molecule has 0 aromatic heterocycles. The van der Waals surface area contributed by atoms with Gasteiger partial charge >= 0.3 is 17.1 Å². The molecule has 0 aliphatic carbocycles. The van der Waals surface area contributed by atoms with Gasteiger partial charge < -0.3 is 12.3 Å².